The predicted octanol–water partition coefficient (Wildman–Crippen LogP) is 1.28. The molecule has 0 saturated heterocycles. The van der Waals surface area contributed by atoms with E-state index < -0.39 is 5.54 Å². The first-order valence-corrected chi connectivity index (χ1v) is 4.76. The summed E-state index contributed by atoms with van der Waals surface area (Å²) in [7, 11) is 0. The van der Waals surface area contributed by atoms with Crippen LogP contribution in [0.25, 0.3) is 10.5 Å². The number of nitrogens with zero attached hydrogens (tertiary/aromatic N) is 3. The van der Waals surface area contributed by atoms with Crippen molar-refractivity contribution in [2.24, 2.45) is 5.73 Å². The smallest absolute Gasteiger partial charge is 0.189 e. The summed E-state index contributed by atoms with van der Waals surface area (Å²) in [6.45, 7) is 3.84. The molecule has 2 aromatic rings. The van der Waals surface area contributed by atoms with E-state index >= 15 is 0 Å². The molecule has 0 radical (unpaired) electrons. The maximum absolute atomic E-state index is 5.91. The minimum Gasteiger partial charge on any atom is -0.320 e. The minimum atomic E-state index is -0.410. The highest BCUT2D eigenvalue weighted by Crippen LogP contribution is 2.25. The topological polar surface area (TPSA) is 64.7 Å². The van der Waals surface area contributed by atoms with E-state index in [-0.39, 0.29) is 0 Å². The van der Waals surface area contributed by atoms with Crippen LogP contribution in [0, 0.1) is 0 Å². The molecule has 2 aromatic heterocycles. The van der Waals surface area contributed by atoms with Gasteiger partial charge < -0.3 is 5.73 Å². The van der Waals surface area contributed by atoms with Crippen molar-refractivity contribution in [3.8, 4) is 0 Å². The maximum atomic E-state index is 5.91. The highest BCUT2D eigenvalue weighted by atomic mass is 32.1. The molecule has 0 atom stereocenters. The van der Waals surface area contributed by atoms with Crippen molar-refractivity contribution in [1.29, 1.82) is 0 Å². The largest absolute Gasteiger partial charge is 0.320 e. The van der Waals surface area contributed by atoms with Crippen molar-refractivity contribution in [2.45, 2.75) is 19.4 Å². The molecule has 0 bridgehead atoms. The Labute approximate surface area is 79.8 Å². The van der Waals surface area contributed by atoms with Crippen molar-refractivity contribution in [3.63, 3.8) is 0 Å². The third-order valence-corrected chi connectivity index (χ3v) is 2.89. The van der Waals surface area contributed by atoms with Crippen LogP contribution in [0.1, 0.15) is 18.9 Å². The summed E-state index contributed by atoms with van der Waals surface area (Å²) < 4.78 is 0. The van der Waals surface area contributed by atoms with E-state index in [2.05, 4.69) is 15.0 Å². The molecule has 2 rings (SSSR count). The Balaban J connectivity index is 2.63. The highest BCUT2D eigenvalue weighted by Gasteiger charge is 2.19. The first kappa shape index (κ1) is 8.52. The first-order valence-electron chi connectivity index (χ1n) is 3.94. The van der Waals surface area contributed by atoms with Crippen LogP contribution in [-0.4, -0.2) is 15.0 Å². The first-order chi connectivity index (χ1) is 6.07. The molecule has 0 amide bonds. The van der Waals surface area contributed by atoms with Gasteiger partial charge in [0.05, 0.1) is 5.54 Å². The Hall–Kier alpha value is -1.07. The fourth-order valence-corrected chi connectivity index (χ4v) is 1.83. The Kier molecular flexibility index (Phi) is 1.78. The van der Waals surface area contributed by atoms with Crippen LogP contribution < -0.4 is 5.73 Å². The molecule has 2 heterocycles. The van der Waals surface area contributed by atoms with Crippen molar-refractivity contribution in [1.82, 2.24) is 15.0 Å². The molecule has 5 heteroatoms. The predicted molar refractivity (Wildman–Crippen MR) is 52.4 cm³/mol. The molecule has 13 heavy (non-hydrogen) atoms. The summed E-state index contributed by atoms with van der Waals surface area (Å²) in [5.41, 5.74) is 6.18. The number of hydrogen-bond donors (Lipinski definition) is 1. The molecule has 0 aliphatic rings. The zero-order valence-electron chi connectivity index (χ0n) is 7.48. The van der Waals surface area contributed by atoms with Gasteiger partial charge in [0, 0.05) is 12.4 Å². The van der Waals surface area contributed by atoms with Gasteiger partial charge in [0.1, 0.15) is 5.01 Å². The Morgan fingerprint density at radius 1 is 1.31 bits per heavy atom. The van der Waals surface area contributed by atoms with Gasteiger partial charge in [-0.15, -0.1) is 0 Å². The normalized spacial score (nSPS) is 12.2. The lowest BCUT2D eigenvalue weighted by atomic mass is 10.1. The number of aromatic nitrogens is 3. The Bertz CT molecular complexity index is 396. The number of nitrogens with two attached hydrogens (primary N) is 1. The molecule has 0 unspecified atom stereocenters. The van der Waals surface area contributed by atoms with Crippen molar-refractivity contribution >= 4 is 21.8 Å². The standard InChI is InChI=1S/C8H10N4S/c1-8(2,9)7-12-5-6(13-7)11-4-3-10-5/h3-4H,9H2,1-2H3. The van der Waals surface area contributed by atoms with Crippen LogP contribution in [0.5, 0.6) is 0 Å². The summed E-state index contributed by atoms with van der Waals surface area (Å²) in [6.07, 6.45) is 3.29. The third kappa shape index (κ3) is 1.52. The molecule has 0 saturated carbocycles. The van der Waals surface area contributed by atoms with Crippen LogP contribution >= 0.6 is 11.3 Å². The highest BCUT2D eigenvalue weighted by molar-refractivity contribution is 7.18. The van der Waals surface area contributed by atoms with Gasteiger partial charge >= 0.3 is 0 Å². The van der Waals surface area contributed by atoms with Gasteiger partial charge in [-0.2, -0.15) is 0 Å². The Morgan fingerprint density at radius 2 is 2.00 bits per heavy atom. The lowest BCUT2D eigenvalue weighted by Crippen LogP contribution is -2.28. The number of thiazole rings is 1. The SMILES string of the molecule is CC(C)(N)c1nc2nccnc2s1. The lowest BCUT2D eigenvalue weighted by Gasteiger charge is -2.13. The third-order valence-electron chi connectivity index (χ3n) is 1.60. The number of fused-ring (bicyclic) bond motifs is 1. The van der Waals surface area contributed by atoms with Gasteiger partial charge in [0.15, 0.2) is 10.5 Å². The fraction of sp³-hybridized carbons (Fsp3) is 0.375. The van der Waals surface area contributed by atoms with Crippen LogP contribution in [0.3, 0.4) is 0 Å². The van der Waals surface area contributed by atoms with Gasteiger partial charge in [-0.1, -0.05) is 11.3 Å². The molecule has 0 fully saturated rings. The molecule has 2 N–H and O–H groups in total. The average molecular weight is 194 g/mol. The summed E-state index contributed by atoms with van der Waals surface area (Å²) in [5, 5.41) is 0.869. The van der Waals surface area contributed by atoms with Crippen LogP contribution in [0.4, 0.5) is 0 Å². The van der Waals surface area contributed by atoms with E-state index in [0.717, 1.165) is 9.84 Å². The minimum absolute atomic E-state index is 0.410. The second-order valence-corrected chi connectivity index (χ2v) is 4.40. The quantitative estimate of drug-likeness (QED) is 0.742. The van der Waals surface area contributed by atoms with E-state index in [1.807, 2.05) is 13.8 Å². The second kappa shape index (κ2) is 2.71. The zero-order valence-corrected chi connectivity index (χ0v) is 8.30. The van der Waals surface area contributed by atoms with Crippen molar-refractivity contribution < 1.29 is 0 Å². The molecular formula is C8H10N4S. The summed E-state index contributed by atoms with van der Waals surface area (Å²) in [4.78, 5) is 13.4. The fourth-order valence-electron chi connectivity index (χ4n) is 0.953. The average Bonchev–Trinajstić information content (AvgIpc) is 2.45. The van der Waals surface area contributed by atoms with E-state index in [4.69, 9.17) is 5.73 Å². The molecule has 0 aliphatic heterocycles. The zero-order chi connectivity index (χ0) is 9.47. The summed E-state index contributed by atoms with van der Waals surface area (Å²) >= 11 is 1.49. The molecule has 0 aliphatic carbocycles. The molecule has 0 spiro atoms. The van der Waals surface area contributed by atoms with Crippen LogP contribution in [0.15, 0.2) is 12.4 Å². The van der Waals surface area contributed by atoms with E-state index in [0.29, 0.717) is 5.65 Å². The summed E-state index contributed by atoms with van der Waals surface area (Å²) in [6, 6.07) is 0. The van der Waals surface area contributed by atoms with Gasteiger partial charge in [-0.25, -0.2) is 15.0 Å². The van der Waals surface area contributed by atoms with Crippen molar-refractivity contribution in [2.75, 3.05) is 0 Å². The van der Waals surface area contributed by atoms with Gasteiger partial charge in [0.2, 0.25) is 0 Å². The molecular weight excluding hydrogens is 184 g/mol. The van der Waals surface area contributed by atoms with Gasteiger partial charge in [0.25, 0.3) is 0 Å². The number of hydrogen-bond acceptors (Lipinski definition) is 5. The van der Waals surface area contributed by atoms with Crippen molar-refractivity contribution in [3.05, 3.63) is 17.4 Å². The molecule has 0 aromatic carbocycles. The van der Waals surface area contributed by atoms with Gasteiger partial charge in [-0.05, 0) is 13.8 Å². The molecule has 4 nitrogen and oxygen atoms in total. The summed E-state index contributed by atoms with van der Waals surface area (Å²) in [5.74, 6) is 0. The lowest BCUT2D eigenvalue weighted by molar-refractivity contribution is 0.551. The monoisotopic (exact) mass is 194 g/mol. The van der Waals surface area contributed by atoms with E-state index in [1.165, 1.54) is 11.3 Å². The second-order valence-electron chi connectivity index (χ2n) is 3.43. The van der Waals surface area contributed by atoms with Gasteiger partial charge in [-0.3, -0.25) is 0 Å². The maximum Gasteiger partial charge on any atom is 0.189 e. The van der Waals surface area contributed by atoms with Crippen LogP contribution in [-0.2, 0) is 5.54 Å². The van der Waals surface area contributed by atoms with E-state index in [1.54, 1.807) is 12.4 Å². The van der Waals surface area contributed by atoms with E-state index in [9.17, 15) is 0 Å². The van der Waals surface area contributed by atoms with Crippen LogP contribution in [0.2, 0.25) is 0 Å². The molecule has 68 valence electrons. The Morgan fingerprint density at radius 3 is 2.62 bits per heavy atom. The number of rotatable bonds is 1.